The third-order valence-electron chi connectivity index (χ3n) is 4.27. The Balaban J connectivity index is 1.77. The lowest BCUT2D eigenvalue weighted by atomic mass is 10.0. The van der Waals surface area contributed by atoms with E-state index in [-0.39, 0.29) is 5.82 Å². The predicted molar refractivity (Wildman–Crippen MR) is 101 cm³/mol. The van der Waals surface area contributed by atoms with Crippen molar-refractivity contribution in [3.8, 4) is 28.5 Å². The molecule has 0 aliphatic heterocycles. The quantitative estimate of drug-likeness (QED) is 0.535. The highest BCUT2D eigenvalue weighted by Gasteiger charge is 2.13. The smallest absolute Gasteiger partial charge is 0.123 e. The van der Waals surface area contributed by atoms with E-state index in [1.165, 1.54) is 12.1 Å². The average Bonchev–Trinajstić information content (AvgIpc) is 3.13. The van der Waals surface area contributed by atoms with Gasteiger partial charge in [-0.25, -0.2) is 4.39 Å². The molecular formula is C22H15FN4. The Hall–Kier alpha value is -3.78. The van der Waals surface area contributed by atoms with Gasteiger partial charge in [0.1, 0.15) is 11.5 Å². The summed E-state index contributed by atoms with van der Waals surface area (Å²) in [5.74, 6) is -0.281. The van der Waals surface area contributed by atoms with Gasteiger partial charge < -0.3 is 0 Å². The van der Waals surface area contributed by atoms with Crippen LogP contribution in [0, 0.1) is 17.1 Å². The van der Waals surface area contributed by atoms with Crippen LogP contribution in [-0.2, 0) is 6.54 Å². The number of hydrogen-bond donors (Lipinski definition) is 0. The molecular weight excluding hydrogens is 339 g/mol. The Bertz CT molecular complexity index is 1110. The number of benzene rings is 2. The minimum Gasteiger partial charge on any atom is -0.267 e. The van der Waals surface area contributed by atoms with E-state index in [9.17, 15) is 4.39 Å². The molecule has 5 heteroatoms. The SMILES string of the molecule is N#Cc1cccc(Cn2cc(-c3ccncc3)c(-c3ccc(F)cc3)n2)c1. The van der Waals surface area contributed by atoms with E-state index >= 15 is 0 Å². The zero-order valence-corrected chi connectivity index (χ0v) is 14.4. The van der Waals surface area contributed by atoms with Crippen LogP contribution in [0.5, 0.6) is 0 Å². The van der Waals surface area contributed by atoms with Crippen LogP contribution in [0.25, 0.3) is 22.4 Å². The van der Waals surface area contributed by atoms with Gasteiger partial charge in [-0.2, -0.15) is 10.4 Å². The van der Waals surface area contributed by atoms with Crippen molar-refractivity contribution >= 4 is 0 Å². The highest BCUT2D eigenvalue weighted by atomic mass is 19.1. The van der Waals surface area contributed by atoms with Crippen LogP contribution < -0.4 is 0 Å². The van der Waals surface area contributed by atoms with Crippen molar-refractivity contribution in [3.63, 3.8) is 0 Å². The maximum Gasteiger partial charge on any atom is 0.123 e. The Morgan fingerprint density at radius 2 is 1.74 bits per heavy atom. The summed E-state index contributed by atoms with van der Waals surface area (Å²) in [6.07, 6.45) is 5.43. The van der Waals surface area contributed by atoms with Crippen molar-refractivity contribution in [2.75, 3.05) is 0 Å². The monoisotopic (exact) mass is 354 g/mol. The van der Waals surface area contributed by atoms with Gasteiger partial charge in [-0.05, 0) is 59.7 Å². The molecule has 0 unspecified atom stereocenters. The first-order valence-corrected chi connectivity index (χ1v) is 8.46. The van der Waals surface area contributed by atoms with E-state index < -0.39 is 0 Å². The van der Waals surface area contributed by atoms with Gasteiger partial charge in [0.2, 0.25) is 0 Å². The zero-order chi connectivity index (χ0) is 18.6. The topological polar surface area (TPSA) is 54.5 Å². The number of halogens is 1. The van der Waals surface area contributed by atoms with E-state index in [1.54, 1.807) is 30.6 Å². The van der Waals surface area contributed by atoms with Gasteiger partial charge in [-0.15, -0.1) is 0 Å². The maximum atomic E-state index is 13.3. The lowest BCUT2D eigenvalue weighted by molar-refractivity contribution is 0.628. The number of aromatic nitrogens is 3. The molecule has 0 aliphatic rings. The standard InChI is InChI=1S/C22H15FN4/c23-20-6-4-19(5-7-20)22-21(18-8-10-25-11-9-18)15-27(26-22)14-17-3-1-2-16(12-17)13-24/h1-12,15H,14H2. The van der Waals surface area contributed by atoms with Crippen LogP contribution in [0.3, 0.4) is 0 Å². The minimum atomic E-state index is -0.281. The van der Waals surface area contributed by atoms with E-state index in [1.807, 2.05) is 41.2 Å². The molecule has 2 aromatic heterocycles. The van der Waals surface area contributed by atoms with E-state index in [2.05, 4.69) is 11.1 Å². The molecule has 0 aliphatic carbocycles. The van der Waals surface area contributed by atoms with E-state index in [0.29, 0.717) is 12.1 Å². The molecule has 0 saturated carbocycles. The van der Waals surface area contributed by atoms with Crippen molar-refractivity contribution in [1.82, 2.24) is 14.8 Å². The molecule has 4 aromatic rings. The fourth-order valence-electron chi connectivity index (χ4n) is 2.99. The second kappa shape index (κ2) is 7.22. The maximum absolute atomic E-state index is 13.3. The molecule has 0 amide bonds. The lowest BCUT2D eigenvalue weighted by Gasteiger charge is -2.02. The van der Waals surface area contributed by atoms with Crippen LogP contribution >= 0.6 is 0 Å². The van der Waals surface area contributed by atoms with Crippen molar-refractivity contribution in [1.29, 1.82) is 5.26 Å². The minimum absolute atomic E-state index is 0.281. The second-order valence-corrected chi connectivity index (χ2v) is 6.14. The zero-order valence-electron chi connectivity index (χ0n) is 14.4. The summed E-state index contributed by atoms with van der Waals surface area (Å²) in [5, 5.41) is 13.8. The van der Waals surface area contributed by atoms with Crippen molar-refractivity contribution < 1.29 is 4.39 Å². The molecule has 0 saturated heterocycles. The Labute approximate surface area is 156 Å². The lowest BCUT2D eigenvalue weighted by Crippen LogP contribution is -2.00. The molecule has 2 aromatic carbocycles. The summed E-state index contributed by atoms with van der Waals surface area (Å²) in [7, 11) is 0. The summed E-state index contributed by atoms with van der Waals surface area (Å²) < 4.78 is 15.2. The fraction of sp³-hybridized carbons (Fsp3) is 0.0455. The predicted octanol–water partition coefficient (Wildman–Crippen LogP) is 4.67. The summed E-state index contributed by atoms with van der Waals surface area (Å²) in [5.41, 5.74) is 5.16. The molecule has 0 fully saturated rings. The Morgan fingerprint density at radius 1 is 0.963 bits per heavy atom. The molecule has 4 rings (SSSR count). The summed E-state index contributed by atoms with van der Waals surface area (Å²) in [4.78, 5) is 4.07. The highest BCUT2D eigenvalue weighted by Crippen LogP contribution is 2.31. The van der Waals surface area contributed by atoms with Gasteiger partial charge >= 0.3 is 0 Å². The first-order valence-electron chi connectivity index (χ1n) is 8.46. The summed E-state index contributed by atoms with van der Waals surface area (Å²) >= 11 is 0. The third-order valence-corrected chi connectivity index (χ3v) is 4.27. The van der Waals surface area contributed by atoms with Crippen molar-refractivity contribution in [3.05, 3.63) is 96.2 Å². The summed E-state index contributed by atoms with van der Waals surface area (Å²) in [6.45, 7) is 0.537. The molecule has 4 nitrogen and oxygen atoms in total. The Kier molecular flexibility index (Phi) is 4.46. The molecule has 0 spiro atoms. The van der Waals surface area contributed by atoms with E-state index in [0.717, 1.165) is 27.9 Å². The number of hydrogen-bond acceptors (Lipinski definition) is 3. The normalized spacial score (nSPS) is 10.5. The largest absolute Gasteiger partial charge is 0.267 e. The van der Waals surface area contributed by atoms with Gasteiger partial charge in [0.15, 0.2) is 0 Å². The molecule has 2 heterocycles. The van der Waals surface area contributed by atoms with Crippen LogP contribution in [0.1, 0.15) is 11.1 Å². The molecule has 130 valence electrons. The number of nitrogens with zero attached hydrogens (tertiary/aromatic N) is 4. The van der Waals surface area contributed by atoms with E-state index in [4.69, 9.17) is 10.4 Å². The highest BCUT2D eigenvalue weighted by molar-refractivity contribution is 5.80. The molecule has 0 atom stereocenters. The second-order valence-electron chi connectivity index (χ2n) is 6.14. The molecule has 0 radical (unpaired) electrons. The van der Waals surface area contributed by atoms with Gasteiger partial charge in [0.25, 0.3) is 0 Å². The first kappa shape index (κ1) is 16.7. The Morgan fingerprint density at radius 3 is 2.48 bits per heavy atom. The van der Waals surface area contributed by atoms with Crippen LogP contribution in [-0.4, -0.2) is 14.8 Å². The average molecular weight is 354 g/mol. The van der Waals surface area contributed by atoms with Crippen LogP contribution in [0.2, 0.25) is 0 Å². The van der Waals surface area contributed by atoms with Crippen LogP contribution in [0.4, 0.5) is 4.39 Å². The van der Waals surface area contributed by atoms with Gasteiger partial charge in [-0.1, -0.05) is 12.1 Å². The van der Waals surface area contributed by atoms with Gasteiger partial charge in [0.05, 0.1) is 18.2 Å². The molecule has 0 N–H and O–H groups in total. The number of pyridine rings is 1. The van der Waals surface area contributed by atoms with Crippen molar-refractivity contribution in [2.45, 2.75) is 6.54 Å². The third kappa shape index (κ3) is 3.60. The summed E-state index contributed by atoms with van der Waals surface area (Å²) in [6, 6.07) is 19.8. The molecule has 0 bridgehead atoms. The number of nitriles is 1. The number of rotatable bonds is 4. The van der Waals surface area contributed by atoms with Gasteiger partial charge in [0, 0.05) is 29.7 Å². The first-order chi connectivity index (χ1) is 13.2. The van der Waals surface area contributed by atoms with Gasteiger partial charge in [-0.3, -0.25) is 9.67 Å². The van der Waals surface area contributed by atoms with Crippen LogP contribution in [0.15, 0.2) is 79.3 Å². The fourth-order valence-corrected chi connectivity index (χ4v) is 2.99. The molecule has 27 heavy (non-hydrogen) atoms. The van der Waals surface area contributed by atoms with Crippen molar-refractivity contribution in [2.24, 2.45) is 0 Å².